The molecule has 2 rings (SSSR count). The quantitative estimate of drug-likeness (QED) is 0.825. The maximum atomic E-state index is 5.64. The Bertz CT molecular complexity index is 328. The van der Waals surface area contributed by atoms with E-state index in [1.807, 2.05) is 6.92 Å². The van der Waals surface area contributed by atoms with E-state index in [-0.39, 0.29) is 6.10 Å². The van der Waals surface area contributed by atoms with E-state index in [4.69, 9.17) is 10.5 Å². The van der Waals surface area contributed by atoms with E-state index in [2.05, 4.69) is 14.3 Å². The Morgan fingerprint density at radius 2 is 2.53 bits per heavy atom. The number of rotatable bonds is 4. The lowest BCUT2D eigenvalue weighted by Crippen LogP contribution is -2.51. The molecular formula is C9H16N4OS. The van der Waals surface area contributed by atoms with Gasteiger partial charge in [-0.25, -0.2) is 4.98 Å². The van der Waals surface area contributed by atoms with Gasteiger partial charge in [-0.05, 0) is 13.3 Å². The predicted molar refractivity (Wildman–Crippen MR) is 60.1 cm³/mol. The zero-order valence-electron chi connectivity index (χ0n) is 9.01. The summed E-state index contributed by atoms with van der Waals surface area (Å²) in [6.07, 6.45) is 1.12. The van der Waals surface area contributed by atoms with Crippen LogP contribution in [0.4, 0.5) is 5.13 Å². The van der Waals surface area contributed by atoms with Crippen LogP contribution in [0.15, 0.2) is 0 Å². The number of nitrogens with two attached hydrogens (primary N) is 1. The maximum Gasteiger partial charge on any atom is 0.205 e. The van der Waals surface area contributed by atoms with Gasteiger partial charge in [0.25, 0.3) is 0 Å². The SMILES string of the molecule is COC(C)c1nsc(N2CCC2CN)n1. The zero-order chi connectivity index (χ0) is 10.8. The van der Waals surface area contributed by atoms with Crippen LogP contribution in [0.5, 0.6) is 0 Å². The van der Waals surface area contributed by atoms with Gasteiger partial charge in [0, 0.05) is 37.8 Å². The van der Waals surface area contributed by atoms with Crippen molar-refractivity contribution in [1.82, 2.24) is 9.36 Å². The molecule has 0 aromatic carbocycles. The molecule has 2 atom stereocenters. The summed E-state index contributed by atoms with van der Waals surface area (Å²) < 4.78 is 9.45. The molecule has 1 aliphatic heterocycles. The van der Waals surface area contributed by atoms with Gasteiger partial charge in [0.2, 0.25) is 5.13 Å². The van der Waals surface area contributed by atoms with Gasteiger partial charge in [-0.1, -0.05) is 0 Å². The standard InChI is InChI=1S/C9H16N4OS/c1-6(14-2)8-11-9(15-12-8)13-4-3-7(13)5-10/h6-7H,3-5,10H2,1-2H3. The van der Waals surface area contributed by atoms with Crippen LogP contribution in [0, 0.1) is 0 Å². The normalized spacial score (nSPS) is 22.6. The number of hydrogen-bond donors (Lipinski definition) is 1. The highest BCUT2D eigenvalue weighted by Gasteiger charge is 2.29. The van der Waals surface area contributed by atoms with Gasteiger partial charge < -0.3 is 15.4 Å². The monoisotopic (exact) mass is 228 g/mol. The lowest BCUT2D eigenvalue weighted by atomic mass is 10.1. The molecule has 1 aromatic heterocycles. The number of aromatic nitrogens is 2. The second kappa shape index (κ2) is 4.42. The first-order valence-corrected chi connectivity index (χ1v) is 5.86. The summed E-state index contributed by atoms with van der Waals surface area (Å²) in [4.78, 5) is 6.67. The van der Waals surface area contributed by atoms with Crippen molar-refractivity contribution in [2.24, 2.45) is 5.73 Å². The fourth-order valence-electron chi connectivity index (χ4n) is 1.55. The third-order valence-electron chi connectivity index (χ3n) is 2.81. The summed E-state index contributed by atoms with van der Waals surface area (Å²) in [5.41, 5.74) is 5.64. The first kappa shape index (κ1) is 10.8. The van der Waals surface area contributed by atoms with E-state index in [9.17, 15) is 0 Å². The zero-order valence-corrected chi connectivity index (χ0v) is 9.83. The first-order chi connectivity index (χ1) is 7.26. The second-order valence-electron chi connectivity index (χ2n) is 3.68. The molecule has 0 radical (unpaired) electrons. The van der Waals surface area contributed by atoms with Crippen molar-refractivity contribution in [3.8, 4) is 0 Å². The molecule has 0 amide bonds. The Balaban J connectivity index is 2.07. The molecule has 1 aromatic rings. The van der Waals surface area contributed by atoms with E-state index in [1.54, 1.807) is 7.11 Å². The summed E-state index contributed by atoms with van der Waals surface area (Å²) in [6.45, 7) is 3.68. The minimum absolute atomic E-state index is 0.0346. The Kier molecular flexibility index (Phi) is 3.18. The van der Waals surface area contributed by atoms with Crippen molar-refractivity contribution in [2.45, 2.75) is 25.5 Å². The minimum atomic E-state index is -0.0346. The topological polar surface area (TPSA) is 64.3 Å². The third kappa shape index (κ3) is 1.97. The van der Waals surface area contributed by atoms with Crippen LogP contribution < -0.4 is 10.6 Å². The molecule has 2 unspecified atom stereocenters. The lowest BCUT2D eigenvalue weighted by molar-refractivity contribution is 0.113. The average molecular weight is 228 g/mol. The Morgan fingerprint density at radius 1 is 1.73 bits per heavy atom. The van der Waals surface area contributed by atoms with E-state index < -0.39 is 0 Å². The highest BCUT2D eigenvalue weighted by molar-refractivity contribution is 7.09. The lowest BCUT2D eigenvalue weighted by Gasteiger charge is -2.39. The Hall–Kier alpha value is -0.720. The molecule has 5 nitrogen and oxygen atoms in total. The van der Waals surface area contributed by atoms with Gasteiger partial charge >= 0.3 is 0 Å². The molecule has 1 fully saturated rings. The molecule has 2 N–H and O–H groups in total. The predicted octanol–water partition coefficient (Wildman–Crippen LogP) is 0.783. The molecule has 0 aliphatic carbocycles. The van der Waals surface area contributed by atoms with Crippen molar-refractivity contribution >= 4 is 16.7 Å². The van der Waals surface area contributed by atoms with Gasteiger partial charge in [-0.2, -0.15) is 4.37 Å². The number of anilines is 1. The minimum Gasteiger partial charge on any atom is -0.374 e. The fraction of sp³-hybridized carbons (Fsp3) is 0.778. The van der Waals surface area contributed by atoms with E-state index in [0.29, 0.717) is 12.6 Å². The Morgan fingerprint density at radius 3 is 3.07 bits per heavy atom. The van der Waals surface area contributed by atoms with Crippen LogP contribution in [-0.2, 0) is 4.74 Å². The number of nitrogens with zero attached hydrogens (tertiary/aromatic N) is 3. The summed E-state index contributed by atoms with van der Waals surface area (Å²) in [5.74, 6) is 0.764. The van der Waals surface area contributed by atoms with Gasteiger partial charge in [-0.3, -0.25) is 0 Å². The molecule has 0 saturated carbocycles. The van der Waals surface area contributed by atoms with Crippen LogP contribution in [0.1, 0.15) is 25.3 Å². The molecule has 0 bridgehead atoms. The van der Waals surface area contributed by atoms with Crippen molar-refractivity contribution < 1.29 is 4.74 Å². The van der Waals surface area contributed by atoms with Crippen molar-refractivity contribution in [3.05, 3.63) is 5.82 Å². The summed E-state index contributed by atoms with van der Waals surface area (Å²) in [7, 11) is 1.66. The number of methoxy groups -OCH3 is 1. The molecule has 1 saturated heterocycles. The molecule has 84 valence electrons. The largest absolute Gasteiger partial charge is 0.374 e. The third-order valence-corrected chi connectivity index (χ3v) is 3.58. The van der Waals surface area contributed by atoms with Crippen molar-refractivity contribution in [2.75, 3.05) is 25.1 Å². The average Bonchev–Trinajstić information content (AvgIpc) is 2.65. The van der Waals surface area contributed by atoms with Crippen LogP contribution in [0.3, 0.4) is 0 Å². The Labute approximate surface area is 93.4 Å². The molecule has 2 heterocycles. The highest BCUT2D eigenvalue weighted by atomic mass is 32.1. The number of ether oxygens (including phenoxy) is 1. The molecule has 0 spiro atoms. The maximum absolute atomic E-state index is 5.64. The van der Waals surface area contributed by atoms with Gasteiger partial charge in [-0.15, -0.1) is 0 Å². The van der Waals surface area contributed by atoms with Crippen LogP contribution in [-0.4, -0.2) is 35.6 Å². The van der Waals surface area contributed by atoms with Crippen LogP contribution >= 0.6 is 11.5 Å². The van der Waals surface area contributed by atoms with Crippen molar-refractivity contribution in [3.63, 3.8) is 0 Å². The molecule has 15 heavy (non-hydrogen) atoms. The first-order valence-electron chi connectivity index (χ1n) is 5.09. The highest BCUT2D eigenvalue weighted by Crippen LogP contribution is 2.28. The van der Waals surface area contributed by atoms with Gasteiger partial charge in [0.15, 0.2) is 5.82 Å². The smallest absolute Gasteiger partial charge is 0.205 e. The van der Waals surface area contributed by atoms with E-state index >= 15 is 0 Å². The van der Waals surface area contributed by atoms with E-state index in [1.165, 1.54) is 11.5 Å². The summed E-state index contributed by atoms with van der Waals surface area (Å²) in [5, 5.41) is 0.968. The summed E-state index contributed by atoms with van der Waals surface area (Å²) >= 11 is 1.43. The summed E-state index contributed by atoms with van der Waals surface area (Å²) in [6, 6.07) is 0.448. The van der Waals surface area contributed by atoms with Gasteiger partial charge in [0.1, 0.15) is 6.10 Å². The second-order valence-corrected chi connectivity index (χ2v) is 4.41. The fourth-order valence-corrected chi connectivity index (χ4v) is 2.40. The number of hydrogen-bond acceptors (Lipinski definition) is 6. The van der Waals surface area contributed by atoms with Crippen molar-refractivity contribution in [1.29, 1.82) is 0 Å². The van der Waals surface area contributed by atoms with Crippen LogP contribution in [0.2, 0.25) is 0 Å². The van der Waals surface area contributed by atoms with Gasteiger partial charge in [0.05, 0.1) is 0 Å². The molecule has 6 heteroatoms. The van der Waals surface area contributed by atoms with Crippen LogP contribution in [0.25, 0.3) is 0 Å². The van der Waals surface area contributed by atoms with E-state index in [0.717, 1.165) is 23.9 Å². The molecular weight excluding hydrogens is 212 g/mol. The molecule has 1 aliphatic rings.